The van der Waals surface area contributed by atoms with E-state index in [2.05, 4.69) is 0 Å². The third-order valence-corrected chi connectivity index (χ3v) is 2.25. The molecule has 72 valence electrons. The van der Waals surface area contributed by atoms with E-state index in [1.165, 1.54) is 6.92 Å². The second-order valence-electron chi connectivity index (χ2n) is 3.67. The molecule has 1 aromatic rings. The topological polar surface area (TPSA) is 20.2 Å². The van der Waals surface area contributed by atoms with Gasteiger partial charge in [-0.25, -0.2) is 4.39 Å². The minimum absolute atomic E-state index is 0.475. The number of halogens is 1. The highest BCUT2D eigenvalue weighted by Gasteiger charge is 2.26. The molecule has 0 radical (unpaired) electrons. The van der Waals surface area contributed by atoms with Crippen molar-refractivity contribution in [3.05, 3.63) is 34.9 Å². The number of alkyl halides is 1. The van der Waals surface area contributed by atoms with E-state index in [1.54, 1.807) is 6.07 Å². The maximum atomic E-state index is 13.7. The average Bonchev–Trinajstić information content (AvgIpc) is 2.09. The molecule has 1 unspecified atom stereocenters. The molecule has 1 nitrogen and oxygen atoms in total. The molecule has 0 aliphatic heterocycles. The van der Waals surface area contributed by atoms with Crippen molar-refractivity contribution in [2.75, 3.05) is 6.61 Å². The Labute approximate surface area is 78.2 Å². The molecule has 13 heavy (non-hydrogen) atoms. The first-order chi connectivity index (χ1) is 5.97. The molecule has 0 aromatic heterocycles. The van der Waals surface area contributed by atoms with Gasteiger partial charge in [0, 0.05) is 0 Å². The first-order valence-corrected chi connectivity index (χ1v) is 4.35. The molecule has 0 aliphatic carbocycles. The highest BCUT2D eigenvalue weighted by atomic mass is 19.1. The zero-order valence-electron chi connectivity index (χ0n) is 8.26. The van der Waals surface area contributed by atoms with Crippen LogP contribution in [0, 0.1) is 13.8 Å². The van der Waals surface area contributed by atoms with E-state index in [9.17, 15) is 4.39 Å². The quantitative estimate of drug-likeness (QED) is 0.745. The summed E-state index contributed by atoms with van der Waals surface area (Å²) >= 11 is 0. The molecule has 0 saturated heterocycles. The first-order valence-electron chi connectivity index (χ1n) is 4.35. The van der Waals surface area contributed by atoms with Gasteiger partial charge >= 0.3 is 0 Å². The van der Waals surface area contributed by atoms with Crippen molar-refractivity contribution in [2.45, 2.75) is 26.4 Å². The van der Waals surface area contributed by atoms with Crippen molar-refractivity contribution in [1.82, 2.24) is 0 Å². The molecule has 1 rings (SSSR count). The summed E-state index contributed by atoms with van der Waals surface area (Å²) in [7, 11) is 0. The zero-order chi connectivity index (χ0) is 10.1. The summed E-state index contributed by atoms with van der Waals surface area (Å²) in [4.78, 5) is 0. The minimum atomic E-state index is -1.63. The monoisotopic (exact) mass is 182 g/mol. The fourth-order valence-electron chi connectivity index (χ4n) is 1.38. The molecule has 0 spiro atoms. The molecular weight excluding hydrogens is 167 g/mol. The van der Waals surface area contributed by atoms with Crippen LogP contribution in [-0.4, -0.2) is 11.7 Å². The molecule has 2 heteroatoms. The van der Waals surface area contributed by atoms with E-state index in [4.69, 9.17) is 5.11 Å². The summed E-state index contributed by atoms with van der Waals surface area (Å²) in [6.07, 6.45) is 0. The molecular formula is C11H15FO. The Morgan fingerprint density at radius 2 is 2.00 bits per heavy atom. The van der Waals surface area contributed by atoms with Gasteiger partial charge in [0.15, 0.2) is 5.67 Å². The van der Waals surface area contributed by atoms with Gasteiger partial charge in [0.05, 0.1) is 6.61 Å². The maximum absolute atomic E-state index is 13.7. The maximum Gasteiger partial charge on any atom is 0.156 e. The summed E-state index contributed by atoms with van der Waals surface area (Å²) in [6, 6.07) is 5.59. The number of aliphatic hydroxyl groups is 1. The number of hydrogen-bond donors (Lipinski definition) is 1. The molecule has 0 fully saturated rings. The summed E-state index contributed by atoms with van der Waals surface area (Å²) < 4.78 is 13.7. The Morgan fingerprint density at radius 1 is 1.38 bits per heavy atom. The van der Waals surface area contributed by atoms with Crippen molar-refractivity contribution < 1.29 is 9.50 Å². The Morgan fingerprint density at radius 3 is 2.54 bits per heavy atom. The van der Waals surface area contributed by atoms with Gasteiger partial charge in [-0.05, 0) is 31.9 Å². The zero-order valence-corrected chi connectivity index (χ0v) is 8.26. The molecule has 0 amide bonds. The van der Waals surface area contributed by atoms with Crippen LogP contribution in [-0.2, 0) is 5.67 Å². The summed E-state index contributed by atoms with van der Waals surface area (Å²) in [5.74, 6) is 0. The lowest BCUT2D eigenvalue weighted by molar-refractivity contribution is 0.0861. The lowest BCUT2D eigenvalue weighted by atomic mass is 9.93. The Balaban J connectivity index is 3.20. The van der Waals surface area contributed by atoms with Crippen molar-refractivity contribution in [1.29, 1.82) is 0 Å². The van der Waals surface area contributed by atoms with Crippen molar-refractivity contribution in [3.63, 3.8) is 0 Å². The molecule has 1 atom stereocenters. The molecule has 0 aliphatic rings. The van der Waals surface area contributed by atoms with Gasteiger partial charge in [0.1, 0.15) is 0 Å². The largest absolute Gasteiger partial charge is 0.393 e. The van der Waals surface area contributed by atoms with E-state index >= 15 is 0 Å². The molecule has 1 N–H and O–H groups in total. The third-order valence-electron chi connectivity index (χ3n) is 2.25. The first kappa shape index (κ1) is 10.2. The molecule has 0 heterocycles. The van der Waals surface area contributed by atoms with Gasteiger partial charge in [-0.3, -0.25) is 0 Å². The van der Waals surface area contributed by atoms with Crippen LogP contribution in [0.15, 0.2) is 18.2 Å². The summed E-state index contributed by atoms with van der Waals surface area (Å²) in [6.45, 7) is 4.69. The number of aryl methyl sites for hydroxylation is 2. The Bertz CT molecular complexity index is 305. The van der Waals surface area contributed by atoms with Gasteiger partial charge in [0.25, 0.3) is 0 Å². The second kappa shape index (κ2) is 3.46. The van der Waals surface area contributed by atoms with Gasteiger partial charge in [0.2, 0.25) is 0 Å². The average molecular weight is 182 g/mol. The Kier molecular flexibility index (Phi) is 2.71. The predicted octanol–water partition coefficient (Wildman–Crippen LogP) is 2.48. The lowest BCUT2D eigenvalue weighted by Crippen LogP contribution is -2.21. The smallest absolute Gasteiger partial charge is 0.156 e. The van der Waals surface area contributed by atoms with Crippen LogP contribution in [0.5, 0.6) is 0 Å². The molecule has 0 saturated carbocycles. The number of hydrogen-bond acceptors (Lipinski definition) is 1. The Hall–Kier alpha value is -0.890. The van der Waals surface area contributed by atoms with E-state index in [1.807, 2.05) is 26.0 Å². The van der Waals surface area contributed by atoms with Crippen LogP contribution in [0.3, 0.4) is 0 Å². The molecule has 0 bridgehead atoms. The van der Waals surface area contributed by atoms with Crippen LogP contribution < -0.4 is 0 Å². The van der Waals surface area contributed by atoms with Crippen LogP contribution in [0.4, 0.5) is 4.39 Å². The van der Waals surface area contributed by atoms with Crippen molar-refractivity contribution in [3.8, 4) is 0 Å². The second-order valence-corrected chi connectivity index (χ2v) is 3.67. The normalized spacial score (nSPS) is 15.5. The van der Waals surface area contributed by atoms with Crippen LogP contribution >= 0.6 is 0 Å². The van der Waals surface area contributed by atoms with E-state index in [0.29, 0.717) is 5.56 Å². The van der Waals surface area contributed by atoms with E-state index < -0.39 is 12.3 Å². The number of rotatable bonds is 2. The predicted molar refractivity (Wildman–Crippen MR) is 51.5 cm³/mol. The van der Waals surface area contributed by atoms with Gasteiger partial charge in [-0.2, -0.15) is 0 Å². The van der Waals surface area contributed by atoms with Crippen molar-refractivity contribution >= 4 is 0 Å². The van der Waals surface area contributed by atoms with Crippen LogP contribution in [0.1, 0.15) is 23.6 Å². The van der Waals surface area contributed by atoms with E-state index in [0.717, 1.165) is 11.1 Å². The highest BCUT2D eigenvalue weighted by Crippen LogP contribution is 2.28. The lowest BCUT2D eigenvalue weighted by Gasteiger charge is -2.20. The van der Waals surface area contributed by atoms with Gasteiger partial charge in [-0.15, -0.1) is 0 Å². The van der Waals surface area contributed by atoms with Crippen molar-refractivity contribution in [2.24, 2.45) is 0 Å². The number of aliphatic hydroxyl groups excluding tert-OH is 1. The SMILES string of the molecule is Cc1ccc(C)c(C(C)(F)CO)c1. The fraction of sp³-hybridized carbons (Fsp3) is 0.455. The number of benzene rings is 1. The van der Waals surface area contributed by atoms with E-state index in [-0.39, 0.29) is 0 Å². The highest BCUT2D eigenvalue weighted by molar-refractivity contribution is 5.34. The summed E-state index contributed by atoms with van der Waals surface area (Å²) in [5.41, 5.74) is 0.841. The third kappa shape index (κ3) is 2.07. The van der Waals surface area contributed by atoms with Gasteiger partial charge < -0.3 is 5.11 Å². The minimum Gasteiger partial charge on any atom is -0.393 e. The van der Waals surface area contributed by atoms with Gasteiger partial charge in [-0.1, -0.05) is 23.8 Å². The molecule has 1 aromatic carbocycles. The summed E-state index contributed by atoms with van der Waals surface area (Å²) in [5, 5.41) is 8.89. The standard InChI is InChI=1S/C11H15FO/c1-8-4-5-9(2)10(6-8)11(3,12)7-13/h4-6,13H,7H2,1-3H3. The fourth-order valence-corrected chi connectivity index (χ4v) is 1.38. The van der Waals surface area contributed by atoms with Crippen LogP contribution in [0.25, 0.3) is 0 Å². The van der Waals surface area contributed by atoms with Crippen LogP contribution in [0.2, 0.25) is 0 Å².